The molecule has 2 N–H and O–H groups in total. The van der Waals surface area contributed by atoms with E-state index < -0.39 is 0 Å². The Hall–Kier alpha value is -0.550. The molecule has 2 atom stereocenters. The van der Waals surface area contributed by atoms with Crippen LogP contribution in [-0.2, 0) is 7.05 Å². The summed E-state index contributed by atoms with van der Waals surface area (Å²) < 4.78 is 1.98. The molecule has 5 heteroatoms. The van der Waals surface area contributed by atoms with Crippen molar-refractivity contribution in [2.24, 2.45) is 12.8 Å². The lowest BCUT2D eigenvalue weighted by Gasteiger charge is -2.13. The van der Waals surface area contributed by atoms with Crippen LogP contribution in [0.3, 0.4) is 0 Å². The van der Waals surface area contributed by atoms with Gasteiger partial charge in [0.15, 0.2) is 5.16 Å². The quantitative estimate of drug-likeness (QED) is 0.738. The fraction of sp³-hybridized carbons (Fsp3) is 0.750. The number of nitrogens with two attached hydrogens (primary N) is 1. The topological polar surface area (TPSA) is 56.7 Å². The molecule has 0 amide bonds. The van der Waals surface area contributed by atoms with Gasteiger partial charge in [0.2, 0.25) is 0 Å². The van der Waals surface area contributed by atoms with Gasteiger partial charge in [-0.3, -0.25) is 0 Å². The number of hydrogen-bond acceptors (Lipinski definition) is 4. The largest absolute Gasteiger partial charge is 0.327 e. The minimum atomic E-state index is 0.169. The molecule has 0 aromatic carbocycles. The van der Waals surface area contributed by atoms with E-state index >= 15 is 0 Å². The van der Waals surface area contributed by atoms with E-state index in [-0.39, 0.29) is 6.04 Å². The summed E-state index contributed by atoms with van der Waals surface area (Å²) >= 11 is 1.66. The number of thioether (sulfide) groups is 1. The smallest absolute Gasteiger partial charge is 0.191 e. The predicted octanol–water partition coefficient (Wildman–Crippen LogP) is 0.951. The van der Waals surface area contributed by atoms with Crippen molar-refractivity contribution in [2.75, 3.05) is 0 Å². The highest BCUT2D eigenvalue weighted by molar-refractivity contribution is 7.99. The molecule has 2 unspecified atom stereocenters. The highest BCUT2D eigenvalue weighted by Gasteiger charge is 2.13. The molecule has 1 aromatic heterocycles. The van der Waals surface area contributed by atoms with Crippen LogP contribution in [0.2, 0.25) is 0 Å². The van der Waals surface area contributed by atoms with Gasteiger partial charge in [0, 0.05) is 18.3 Å². The second-order valence-electron chi connectivity index (χ2n) is 3.27. The Labute approximate surface area is 82.9 Å². The average Bonchev–Trinajstić information content (AvgIpc) is 2.36. The van der Waals surface area contributed by atoms with E-state index in [1.165, 1.54) is 0 Å². The Morgan fingerprint density at radius 2 is 2.00 bits per heavy atom. The third-order valence-corrected chi connectivity index (χ3v) is 3.45. The summed E-state index contributed by atoms with van der Waals surface area (Å²) in [6.07, 6.45) is 0. The molecule has 0 aliphatic heterocycles. The fourth-order valence-electron chi connectivity index (χ4n) is 0.764. The van der Waals surface area contributed by atoms with Gasteiger partial charge in [0.25, 0.3) is 0 Å². The zero-order chi connectivity index (χ0) is 10.0. The lowest BCUT2D eigenvalue weighted by atomic mass is 10.3. The predicted molar refractivity (Wildman–Crippen MR) is 54.7 cm³/mol. The third-order valence-electron chi connectivity index (χ3n) is 2.08. The zero-order valence-electron chi connectivity index (χ0n) is 8.48. The maximum Gasteiger partial charge on any atom is 0.191 e. The number of aromatic nitrogens is 3. The summed E-state index contributed by atoms with van der Waals surface area (Å²) in [5.74, 6) is 0.930. The third kappa shape index (κ3) is 2.45. The molecule has 4 nitrogen and oxygen atoms in total. The normalized spacial score (nSPS) is 15.8. The Bertz CT molecular complexity index is 282. The van der Waals surface area contributed by atoms with Crippen LogP contribution in [0, 0.1) is 6.92 Å². The van der Waals surface area contributed by atoms with Crippen molar-refractivity contribution in [3.63, 3.8) is 0 Å². The summed E-state index contributed by atoms with van der Waals surface area (Å²) in [7, 11) is 1.96. The lowest BCUT2D eigenvalue weighted by Crippen LogP contribution is -2.26. The number of rotatable bonds is 3. The minimum absolute atomic E-state index is 0.169. The molecule has 74 valence electrons. The molecule has 0 bridgehead atoms. The van der Waals surface area contributed by atoms with E-state index in [2.05, 4.69) is 17.1 Å². The van der Waals surface area contributed by atoms with Crippen LogP contribution in [0.5, 0.6) is 0 Å². The van der Waals surface area contributed by atoms with Gasteiger partial charge in [-0.25, -0.2) is 0 Å². The Balaban J connectivity index is 2.69. The highest BCUT2D eigenvalue weighted by Crippen LogP contribution is 2.22. The number of nitrogens with zero attached hydrogens (tertiary/aromatic N) is 3. The van der Waals surface area contributed by atoms with Gasteiger partial charge in [0.1, 0.15) is 5.82 Å². The summed E-state index contributed by atoms with van der Waals surface area (Å²) in [6, 6.07) is 0.169. The monoisotopic (exact) mass is 200 g/mol. The van der Waals surface area contributed by atoms with Crippen LogP contribution in [0.15, 0.2) is 5.16 Å². The molecular weight excluding hydrogens is 184 g/mol. The lowest BCUT2D eigenvalue weighted by molar-refractivity contribution is 0.714. The fourth-order valence-corrected chi connectivity index (χ4v) is 1.69. The van der Waals surface area contributed by atoms with Crippen molar-refractivity contribution in [1.29, 1.82) is 0 Å². The second-order valence-corrected chi connectivity index (χ2v) is 4.62. The minimum Gasteiger partial charge on any atom is -0.327 e. The van der Waals surface area contributed by atoms with Crippen molar-refractivity contribution in [3.8, 4) is 0 Å². The van der Waals surface area contributed by atoms with E-state index in [0.717, 1.165) is 11.0 Å². The molecule has 0 radical (unpaired) electrons. The van der Waals surface area contributed by atoms with Crippen molar-refractivity contribution in [3.05, 3.63) is 5.82 Å². The second kappa shape index (κ2) is 4.11. The molecule has 1 aromatic rings. The van der Waals surface area contributed by atoms with E-state index in [9.17, 15) is 0 Å². The van der Waals surface area contributed by atoms with Crippen molar-refractivity contribution in [2.45, 2.75) is 37.2 Å². The first-order valence-electron chi connectivity index (χ1n) is 4.30. The first-order chi connectivity index (χ1) is 6.02. The molecule has 0 saturated heterocycles. The van der Waals surface area contributed by atoms with Gasteiger partial charge in [-0.2, -0.15) is 0 Å². The Morgan fingerprint density at radius 1 is 1.38 bits per heavy atom. The van der Waals surface area contributed by atoms with Crippen molar-refractivity contribution < 1.29 is 0 Å². The summed E-state index contributed by atoms with van der Waals surface area (Å²) in [5.41, 5.74) is 5.76. The molecule has 0 spiro atoms. The molecule has 0 aliphatic carbocycles. The van der Waals surface area contributed by atoms with Crippen LogP contribution < -0.4 is 5.73 Å². The van der Waals surface area contributed by atoms with Gasteiger partial charge >= 0.3 is 0 Å². The van der Waals surface area contributed by atoms with Gasteiger partial charge in [0.05, 0.1) is 0 Å². The van der Waals surface area contributed by atoms with Crippen LogP contribution in [0.25, 0.3) is 0 Å². The Morgan fingerprint density at radius 3 is 2.38 bits per heavy atom. The van der Waals surface area contributed by atoms with Gasteiger partial charge < -0.3 is 10.3 Å². The summed E-state index contributed by atoms with van der Waals surface area (Å²) in [4.78, 5) is 0. The van der Waals surface area contributed by atoms with Crippen molar-refractivity contribution >= 4 is 11.8 Å². The van der Waals surface area contributed by atoms with Crippen LogP contribution in [0.1, 0.15) is 19.7 Å². The van der Waals surface area contributed by atoms with E-state index in [4.69, 9.17) is 5.73 Å². The van der Waals surface area contributed by atoms with Gasteiger partial charge in [-0.1, -0.05) is 18.7 Å². The van der Waals surface area contributed by atoms with Gasteiger partial charge in [-0.15, -0.1) is 10.2 Å². The first-order valence-corrected chi connectivity index (χ1v) is 5.18. The molecule has 0 fully saturated rings. The average molecular weight is 200 g/mol. The van der Waals surface area contributed by atoms with E-state index in [0.29, 0.717) is 5.25 Å². The molecular formula is C8H16N4S. The van der Waals surface area contributed by atoms with Gasteiger partial charge in [-0.05, 0) is 13.8 Å². The zero-order valence-corrected chi connectivity index (χ0v) is 9.30. The number of hydrogen-bond donors (Lipinski definition) is 1. The Kier molecular flexibility index (Phi) is 3.33. The van der Waals surface area contributed by atoms with E-state index in [1.807, 2.05) is 25.5 Å². The molecule has 13 heavy (non-hydrogen) atoms. The highest BCUT2D eigenvalue weighted by atomic mass is 32.2. The molecule has 1 heterocycles. The maximum atomic E-state index is 5.76. The molecule has 0 saturated carbocycles. The molecule has 0 aliphatic rings. The van der Waals surface area contributed by atoms with Crippen LogP contribution >= 0.6 is 11.8 Å². The van der Waals surface area contributed by atoms with Crippen LogP contribution in [0.4, 0.5) is 0 Å². The number of aryl methyl sites for hydroxylation is 1. The SMILES string of the molecule is Cc1nnc(SC(C)C(C)N)n1C. The van der Waals surface area contributed by atoms with Crippen molar-refractivity contribution in [1.82, 2.24) is 14.8 Å². The first kappa shape index (κ1) is 10.5. The maximum absolute atomic E-state index is 5.76. The molecule has 1 rings (SSSR count). The standard InChI is InChI=1S/C8H16N4S/c1-5(9)6(2)13-8-11-10-7(3)12(8)4/h5-6H,9H2,1-4H3. The summed E-state index contributed by atoms with van der Waals surface area (Å²) in [6.45, 7) is 6.04. The van der Waals surface area contributed by atoms with E-state index in [1.54, 1.807) is 11.8 Å². The summed E-state index contributed by atoms with van der Waals surface area (Å²) in [5, 5.41) is 9.33. The van der Waals surface area contributed by atoms with Crippen LogP contribution in [-0.4, -0.2) is 26.1 Å².